The molecular formula is C22H58N12. The van der Waals surface area contributed by atoms with Gasteiger partial charge in [0.25, 0.3) is 0 Å². The molecule has 14 N–H and O–H groups in total. The first-order valence-electron chi connectivity index (χ1n) is 13.3. The fourth-order valence-corrected chi connectivity index (χ4v) is 3.45. The quantitative estimate of drug-likeness (QED) is 0.0451. The van der Waals surface area contributed by atoms with E-state index in [9.17, 15) is 0 Å². The molecule has 12 nitrogen and oxygen atoms in total. The molecule has 206 valence electrons. The third-order valence-corrected chi connectivity index (χ3v) is 5.39. The van der Waals surface area contributed by atoms with Gasteiger partial charge >= 0.3 is 0 Å². The van der Waals surface area contributed by atoms with E-state index < -0.39 is 0 Å². The van der Waals surface area contributed by atoms with Crippen molar-refractivity contribution in [2.75, 3.05) is 144 Å². The summed E-state index contributed by atoms with van der Waals surface area (Å²) in [6.45, 7) is 20.2. The van der Waals surface area contributed by atoms with Crippen LogP contribution in [0.5, 0.6) is 0 Å². The summed E-state index contributed by atoms with van der Waals surface area (Å²) in [6.07, 6.45) is 0. The number of nitrogens with zero attached hydrogens (tertiary/aromatic N) is 2. The van der Waals surface area contributed by atoms with Gasteiger partial charge in [-0.05, 0) is 0 Å². The van der Waals surface area contributed by atoms with Crippen LogP contribution < -0.4 is 54.8 Å². The predicted molar refractivity (Wildman–Crippen MR) is 146 cm³/mol. The molecule has 0 bridgehead atoms. The summed E-state index contributed by atoms with van der Waals surface area (Å²) < 4.78 is 0. The Balaban J connectivity index is 3.67. The minimum Gasteiger partial charge on any atom is -0.329 e. The van der Waals surface area contributed by atoms with Crippen molar-refractivity contribution in [3.05, 3.63) is 0 Å². The second-order valence-corrected chi connectivity index (χ2v) is 8.34. The van der Waals surface area contributed by atoms with Crippen molar-refractivity contribution in [1.82, 2.24) is 41.7 Å². The van der Waals surface area contributed by atoms with Gasteiger partial charge in [-0.15, -0.1) is 0 Å². The summed E-state index contributed by atoms with van der Waals surface area (Å²) in [5.41, 5.74) is 22.3. The van der Waals surface area contributed by atoms with E-state index in [1.54, 1.807) is 0 Å². The van der Waals surface area contributed by atoms with E-state index in [4.69, 9.17) is 22.9 Å². The van der Waals surface area contributed by atoms with Gasteiger partial charge in [0.05, 0.1) is 0 Å². The van der Waals surface area contributed by atoms with Crippen LogP contribution in [0.4, 0.5) is 0 Å². The molecule has 12 heteroatoms. The Kier molecular flexibility index (Phi) is 28.3. The zero-order chi connectivity index (χ0) is 25.0. The molecule has 34 heavy (non-hydrogen) atoms. The molecular weight excluding hydrogens is 432 g/mol. The van der Waals surface area contributed by atoms with E-state index in [1.165, 1.54) is 0 Å². The maximum absolute atomic E-state index is 5.73. The van der Waals surface area contributed by atoms with E-state index in [0.717, 1.165) is 118 Å². The van der Waals surface area contributed by atoms with Crippen molar-refractivity contribution in [3.8, 4) is 0 Å². The Morgan fingerprint density at radius 3 is 0.853 bits per heavy atom. The molecule has 0 saturated heterocycles. The average molecular weight is 491 g/mol. The molecule has 0 aliphatic carbocycles. The highest BCUT2D eigenvalue weighted by molar-refractivity contribution is 4.66. The first-order chi connectivity index (χ1) is 16.8. The second kappa shape index (κ2) is 28.8. The lowest BCUT2D eigenvalue weighted by Gasteiger charge is -2.23. The molecule has 0 heterocycles. The Bertz CT molecular complexity index is 366. The predicted octanol–water partition coefficient (Wildman–Crippen LogP) is -5.04. The van der Waals surface area contributed by atoms with Crippen molar-refractivity contribution in [3.63, 3.8) is 0 Å². The van der Waals surface area contributed by atoms with Crippen molar-refractivity contribution in [2.45, 2.75) is 0 Å². The molecule has 0 spiro atoms. The van der Waals surface area contributed by atoms with Gasteiger partial charge in [0.15, 0.2) is 0 Å². The third-order valence-electron chi connectivity index (χ3n) is 5.39. The van der Waals surface area contributed by atoms with Crippen LogP contribution >= 0.6 is 0 Å². The van der Waals surface area contributed by atoms with Crippen LogP contribution in [0.2, 0.25) is 0 Å². The minimum atomic E-state index is 0.681. The SMILES string of the molecule is NCCNCCN(CCN)CCNCCNCCNCCN(CCNCCN)CCNCCN. The molecule has 0 aromatic rings. The highest BCUT2D eigenvalue weighted by atomic mass is 15.2. The molecule has 0 aliphatic rings. The minimum absolute atomic E-state index is 0.681. The lowest BCUT2D eigenvalue weighted by Crippen LogP contribution is -2.42. The monoisotopic (exact) mass is 490 g/mol. The van der Waals surface area contributed by atoms with Crippen molar-refractivity contribution in [2.24, 2.45) is 22.9 Å². The van der Waals surface area contributed by atoms with Crippen LogP contribution in [0.3, 0.4) is 0 Å². The van der Waals surface area contributed by atoms with Gasteiger partial charge in [-0.2, -0.15) is 0 Å². The zero-order valence-corrected chi connectivity index (χ0v) is 21.8. The van der Waals surface area contributed by atoms with E-state index >= 15 is 0 Å². The van der Waals surface area contributed by atoms with Crippen molar-refractivity contribution in [1.29, 1.82) is 0 Å². The van der Waals surface area contributed by atoms with Gasteiger partial charge in [-0.1, -0.05) is 0 Å². The van der Waals surface area contributed by atoms with Gasteiger partial charge in [-0.3, -0.25) is 9.80 Å². The summed E-state index contributed by atoms with van der Waals surface area (Å²) in [7, 11) is 0. The number of nitrogens with one attached hydrogen (secondary N) is 6. The zero-order valence-electron chi connectivity index (χ0n) is 21.8. The van der Waals surface area contributed by atoms with Gasteiger partial charge in [-0.25, -0.2) is 0 Å². The molecule has 0 aromatic carbocycles. The summed E-state index contributed by atoms with van der Waals surface area (Å²) >= 11 is 0. The highest BCUT2D eigenvalue weighted by Crippen LogP contribution is 1.86. The van der Waals surface area contributed by atoms with Crippen LogP contribution in [0.25, 0.3) is 0 Å². The summed E-state index contributed by atoms with van der Waals surface area (Å²) in [4.78, 5) is 4.86. The second-order valence-electron chi connectivity index (χ2n) is 8.34. The van der Waals surface area contributed by atoms with Crippen molar-refractivity contribution < 1.29 is 0 Å². The Labute approximate surface area is 209 Å². The third kappa shape index (κ3) is 24.6. The van der Waals surface area contributed by atoms with Gasteiger partial charge < -0.3 is 54.8 Å². The van der Waals surface area contributed by atoms with Gasteiger partial charge in [0.2, 0.25) is 0 Å². The number of rotatable bonds is 29. The highest BCUT2D eigenvalue weighted by Gasteiger charge is 2.04. The summed E-state index contributed by atoms with van der Waals surface area (Å²) in [6, 6.07) is 0. The molecule has 0 atom stereocenters. The van der Waals surface area contributed by atoms with Crippen LogP contribution in [0.15, 0.2) is 0 Å². The molecule has 0 rings (SSSR count). The Hall–Kier alpha value is -0.480. The first-order valence-corrected chi connectivity index (χ1v) is 13.3. The van der Waals surface area contributed by atoms with Crippen LogP contribution in [0.1, 0.15) is 0 Å². The lowest BCUT2D eigenvalue weighted by molar-refractivity contribution is 0.272. The molecule has 0 aliphatic heterocycles. The smallest absolute Gasteiger partial charge is 0.0108 e. The average Bonchev–Trinajstić information content (AvgIpc) is 2.84. The fourth-order valence-electron chi connectivity index (χ4n) is 3.45. The number of hydrogen-bond acceptors (Lipinski definition) is 12. The van der Waals surface area contributed by atoms with E-state index in [-0.39, 0.29) is 0 Å². The standard InChI is InChI=1S/C22H58N12/c23-1-5-27-12-18-33(17-4-26)19-15-31-10-8-30-9-11-32-16-22-34(20-13-28-6-2-24)21-14-29-7-3-25/h27-32H,1-26H2. The summed E-state index contributed by atoms with van der Waals surface area (Å²) in [5.74, 6) is 0. The topological polar surface area (TPSA) is 183 Å². The van der Waals surface area contributed by atoms with Crippen LogP contribution in [-0.4, -0.2) is 154 Å². The van der Waals surface area contributed by atoms with Crippen LogP contribution in [0, 0.1) is 0 Å². The van der Waals surface area contributed by atoms with Gasteiger partial charge in [0.1, 0.15) is 0 Å². The van der Waals surface area contributed by atoms with Crippen LogP contribution in [-0.2, 0) is 0 Å². The molecule has 0 saturated carbocycles. The maximum Gasteiger partial charge on any atom is 0.0108 e. The number of nitrogens with two attached hydrogens (primary N) is 4. The molecule has 0 amide bonds. The Morgan fingerprint density at radius 2 is 0.559 bits per heavy atom. The van der Waals surface area contributed by atoms with Crippen molar-refractivity contribution >= 4 is 0 Å². The molecule has 0 fully saturated rings. The maximum atomic E-state index is 5.73. The normalized spacial score (nSPS) is 11.8. The lowest BCUT2D eigenvalue weighted by atomic mass is 10.4. The largest absolute Gasteiger partial charge is 0.329 e. The van der Waals surface area contributed by atoms with E-state index in [2.05, 4.69) is 41.7 Å². The van der Waals surface area contributed by atoms with Gasteiger partial charge in [0, 0.05) is 144 Å². The van der Waals surface area contributed by atoms with E-state index in [0.29, 0.717) is 26.2 Å². The molecule has 0 radical (unpaired) electrons. The first kappa shape index (κ1) is 33.5. The Morgan fingerprint density at radius 1 is 0.294 bits per heavy atom. The number of hydrogen-bond donors (Lipinski definition) is 10. The summed E-state index contributed by atoms with van der Waals surface area (Å²) in [5, 5.41) is 20.6. The van der Waals surface area contributed by atoms with E-state index in [1.807, 2.05) is 0 Å². The molecule has 0 unspecified atom stereocenters. The fraction of sp³-hybridized carbons (Fsp3) is 1.00. The molecule has 0 aromatic heterocycles.